The van der Waals surface area contributed by atoms with Gasteiger partial charge in [0.2, 0.25) is 0 Å². The molecule has 0 atom stereocenters. The number of ether oxygens (including phenoxy) is 3. The van der Waals surface area contributed by atoms with E-state index in [2.05, 4.69) is 5.32 Å². The van der Waals surface area contributed by atoms with Crippen LogP contribution in [-0.4, -0.2) is 26.7 Å². The molecule has 1 aliphatic rings. The van der Waals surface area contributed by atoms with Crippen molar-refractivity contribution in [1.82, 2.24) is 0 Å². The predicted molar refractivity (Wildman–Crippen MR) is 105 cm³/mol. The summed E-state index contributed by atoms with van der Waals surface area (Å²) >= 11 is 0. The third-order valence-electron chi connectivity index (χ3n) is 4.49. The molecule has 5 heteroatoms. The highest BCUT2D eigenvalue weighted by molar-refractivity contribution is 6.16. The molecule has 1 N–H and O–H groups in total. The average Bonchev–Trinajstić information content (AvgIpc) is 3.54. The maximum Gasteiger partial charge on any atom is 0.341 e. The highest BCUT2D eigenvalue weighted by Gasteiger charge is 2.20. The Morgan fingerprint density at radius 3 is 2.52 bits per heavy atom. The Kier molecular flexibility index (Phi) is 6.36. The smallest absolute Gasteiger partial charge is 0.341 e. The second-order valence-electron chi connectivity index (χ2n) is 6.55. The van der Waals surface area contributed by atoms with E-state index in [1.807, 2.05) is 48.5 Å². The molecule has 0 aromatic heterocycles. The minimum atomic E-state index is -0.449. The first-order chi connectivity index (χ1) is 13.2. The highest BCUT2D eigenvalue weighted by atomic mass is 16.5. The number of anilines is 1. The third kappa shape index (κ3) is 5.26. The number of hydrogen-bond donors (Lipinski definition) is 1. The molecule has 1 fully saturated rings. The zero-order valence-electron chi connectivity index (χ0n) is 15.7. The Balaban J connectivity index is 1.67. The van der Waals surface area contributed by atoms with E-state index in [0.29, 0.717) is 12.2 Å². The van der Waals surface area contributed by atoms with Crippen LogP contribution in [0.1, 0.15) is 24.0 Å². The van der Waals surface area contributed by atoms with Gasteiger partial charge in [-0.25, -0.2) is 4.79 Å². The topological polar surface area (TPSA) is 56.8 Å². The molecule has 1 saturated carbocycles. The van der Waals surface area contributed by atoms with Crippen LogP contribution in [0.5, 0.6) is 5.75 Å². The van der Waals surface area contributed by atoms with Gasteiger partial charge in [0.15, 0.2) is 0 Å². The van der Waals surface area contributed by atoms with Crippen molar-refractivity contribution in [3.8, 4) is 5.75 Å². The van der Waals surface area contributed by atoms with Gasteiger partial charge in [0.25, 0.3) is 0 Å². The summed E-state index contributed by atoms with van der Waals surface area (Å²) in [4.78, 5) is 12.1. The Morgan fingerprint density at radius 2 is 1.85 bits per heavy atom. The molecule has 0 aliphatic heterocycles. The summed E-state index contributed by atoms with van der Waals surface area (Å²) in [5.41, 5.74) is 3.07. The number of rotatable bonds is 9. The van der Waals surface area contributed by atoms with Crippen molar-refractivity contribution in [3.63, 3.8) is 0 Å². The molecule has 3 rings (SSSR count). The van der Waals surface area contributed by atoms with Crippen molar-refractivity contribution in [1.29, 1.82) is 0 Å². The number of benzene rings is 2. The normalized spacial score (nSPS) is 13.8. The van der Waals surface area contributed by atoms with Gasteiger partial charge in [0.1, 0.15) is 17.9 Å². The van der Waals surface area contributed by atoms with E-state index in [9.17, 15) is 4.79 Å². The lowest BCUT2D eigenvalue weighted by Gasteiger charge is -2.13. The van der Waals surface area contributed by atoms with E-state index in [1.54, 1.807) is 0 Å². The van der Waals surface area contributed by atoms with E-state index in [0.717, 1.165) is 35.0 Å². The molecule has 2 aromatic carbocycles. The van der Waals surface area contributed by atoms with Crippen molar-refractivity contribution in [3.05, 3.63) is 65.9 Å². The predicted octanol–water partition coefficient (Wildman–Crippen LogP) is 4.25. The first-order valence-corrected chi connectivity index (χ1v) is 9.07. The Morgan fingerprint density at radius 1 is 1.11 bits per heavy atom. The van der Waals surface area contributed by atoms with Gasteiger partial charge in [-0.1, -0.05) is 24.3 Å². The molecule has 2 aromatic rings. The number of esters is 1. The van der Waals surface area contributed by atoms with Crippen molar-refractivity contribution >= 4 is 17.2 Å². The average molecular weight is 367 g/mol. The molecule has 1 aliphatic carbocycles. The van der Waals surface area contributed by atoms with Crippen LogP contribution in [0.2, 0.25) is 0 Å². The standard InChI is InChI=1S/C22H25NO4/c1-25-15-21(22(24)26-2)20-6-4-3-5-17(20)14-27-19-11-9-18(10-12-19)23-13-16-7-8-16/h3-6,9-12,15-16,23H,7-8,13-14H2,1-2H3. The monoisotopic (exact) mass is 367 g/mol. The first-order valence-electron chi connectivity index (χ1n) is 9.07. The number of methoxy groups -OCH3 is 2. The molecule has 0 spiro atoms. The van der Waals surface area contributed by atoms with E-state index in [1.165, 1.54) is 33.3 Å². The lowest BCUT2D eigenvalue weighted by Crippen LogP contribution is -2.08. The zero-order chi connectivity index (χ0) is 19.1. The third-order valence-corrected chi connectivity index (χ3v) is 4.49. The van der Waals surface area contributed by atoms with Crippen molar-refractivity contribution < 1.29 is 19.0 Å². The lowest BCUT2D eigenvalue weighted by molar-refractivity contribution is -0.133. The highest BCUT2D eigenvalue weighted by Crippen LogP contribution is 2.29. The molecule has 0 heterocycles. The lowest BCUT2D eigenvalue weighted by atomic mass is 10.0. The quantitative estimate of drug-likeness (QED) is 0.408. The van der Waals surface area contributed by atoms with Crippen LogP contribution < -0.4 is 10.1 Å². The second-order valence-corrected chi connectivity index (χ2v) is 6.55. The summed E-state index contributed by atoms with van der Waals surface area (Å²) in [6.07, 6.45) is 4.06. The molecule has 0 saturated heterocycles. The van der Waals surface area contributed by atoms with Gasteiger partial charge in [0, 0.05) is 12.2 Å². The largest absolute Gasteiger partial charge is 0.503 e. The minimum absolute atomic E-state index is 0.336. The minimum Gasteiger partial charge on any atom is -0.503 e. The summed E-state index contributed by atoms with van der Waals surface area (Å²) < 4.78 is 15.8. The summed E-state index contributed by atoms with van der Waals surface area (Å²) in [7, 11) is 2.85. The van der Waals surface area contributed by atoms with E-state index < -0.39 is 5.97 Å². The zero-order valence-corrected chi connectivity index (χ0v) is 15.7. The number of nitrogens with one attached hydrogen (secondary N) is 1. The van der Waals surface area contributed by atoms with Crippen molar-refractivity contribution in [2.75, 3.05) is 26.1 Å². The molecule has 0 radical (unpaired) electrons. The Hall–Kier alpha value is -2.95. The van der Waals surface area contributed by atoms with Crippen LogP contribution in [0.4, 0.5) is 5.69 Å². The molecule has 5 nitrogen and oxygen atoms in total. The van der Waals surface area contributed by atoms with Crippen LogP contribution in [0, 0.1) is 5.92 Å². The summed E-state index contributed by atoms with van der Waals surface area (Å²) in [6, 6.07) is 15.5. The number of carbonyl (C=O) groups is 1. The van der Waals surface area contributed by atoms with E-state index >= 15 is 0 Å². The second kappa shape index (κ2) is 9.12. The number of hydrogen-bond acceptors (Lipinski definition) is 5. The van der Waals surface area contributed by atoms with Crippen LogP contribution in [-0.2, 0) is 20.9 Å². The fourth-order valence-corrected chi connectivity index (χ4v) is 2.77. The van der Waals surface area contributed by atoms with Gasteiger partial charge < -0.3 is 19.5 Å². The van der Waals surface area contributed by atoms with E-state index in [4.69, 9.17) is 14.2 Å². The molecule has 27 heavy (non-hydrogen) atoms. The molecule has 0 amide bonds. The molecule has 0 bridgehead atoms. The maximum absolute atomic E-state index is 12.1. The van der Waals surface area contributed by atoms with Gasteiger partial charge in [-0.15, -0.1) is 0 Å². The summed E-state index contributed by atoms with van der Waals surface area (Å²) in [5.74, 6) is 1.16. The van der Waals surface area contributed by atoms with Crippen LogP contribution in [0.25, 0.3) is 5.57 Å². The first kappa shape index (κ1) is 18.8. The Labute approximate surface area is 159 Å². The van der Waals surface area contributed by atoms with Gasteiger partial charge in [-0.3, -0.25) is 0 Å². The maximum atomic E-state index is 12.1. The van der Waals surface area contributed by atoms with Crippen LogP contribution in [0.3, 0.4) is 0 Å². The van der Waals surface area contributed by atoms with Crippen molar-refractivity contribution in [2.45, 2.75) is 19.4 Å². The fraction of sp³-hybridized carbons (Fsp3) is 0.318. The summed E-state index contributed by atoms with van der Waals surface area (Å²) in [6.45, 7) is 1.37. The van der Waals surface area contributed by atoms with Gasteiger partial charge in [-0.2, -0.15) is 0 Å². The van der Waals surface area contributed by atoms with Gasteiger partial charge in [0.05, 0.1) is 20.5 Å². The molecule has 0 unspecified atom stereocenters. The van der Waals surface area contributed by atoms with E-state index in [-0.39, 0.29) is 0 Å². The Bertz CT molecular complexity index is 794. The van der Waals surface area contributed by atoms with Crippen LogP contribution in [0.15, 0.2) is 54.8 Å². The SMILES string of the molecule is COC=C(C(=O)OC)c1ccccc1COc1ccc(NCC2CC2)cc1. The van der Waals surface area contributed by atoms with Crippen molar-refractivity contribution in [2.24, 2.45) is 5.92 Å². The fourth-order valence-electron chi connectivity index (χ4n) is 2.77. The molecular weight excluding hydrogens is 342 g/mol. The van der Waals surface area contributed by atoms with Crippen LogP contribution >= 0.6 is 0 Å². The molecule has 142 valence electrons. The molecular formula is C22H25NO4. The summed E-state index contributed by atoms with van der Waals surface area (Å²) in [5, 5.41) is 3.44. The van der Waals surface area contributed by atoms with Gasteiger partial charge in [-0.05, 0) is 54.2 Å². The number of carbonyl (C=O) groups excluding carboxylic acids is 1. The van der Waals surface area contributed by atoms with Gasteiger partial charge >= 0.3 is 5.97 Å².